The fourth-order valence-corrected chi connectivity index (χ4v) is 1.80. The molecule has 0 N–H and O–H groups in total. The van der Waals surface area contributed by atoms with Crippen LogP contribution >= 0.6 is 12.2 Å². The number of thiocarbonyl (C=S) groups is 1. The lowest BCUT2D eigenvalue weighted by Gasteiger charge is -2.14. The highest BCUT2D eigenvalue weighted by atomic mass is 32.1. The van der Waals surface area contributed by atoms with E-state index in [2.05, 4.69) is 19.1 Å². The van der Waals surface area contributed by atoms with Gasteiger partial charge >= 0.3 is 0 Å². The van der Waals surface area contributed by atoms with E-state index in [9.17, 15) is 0 Å². The summed E-state index contributed by atoms with van der Waals surface area (Å²) in [6.07, 6.45) is 0. The third-order valence-electron chi connectivity index (χ3n) is 2.61. The van der Waals surface area contributed by atoms with Crippen molar-refractivity contribution in [1.82, 2.24) is 0 Å². The van der Waals surface area contributed by atoms with Gasteiger partial charge in [-0.15, -0.1) is 0 Å². The van der Waals surface area contributed by atoms with Crippen LogP contribution in [0.25, 0.3) is 0 Å². The topological polar surface area (TPSA) is 9.23 Å². The molecule has 0 heterocycles. The van der Waals surface area contributed by atoms with E-state index in [0.717, 1.165) is 5.75 Å². The molecule has 1 atom stereocenters. The number of rotatable bonds is 3. The van der Waals surface area contributed by atoms with E-state index in [4.69, 9.17) is 17.0 Å². The van der Waals surface area contributed by atoms with Gasteiger partial charge in [0.15, 0.2) is 5.05 Å². The molecule has 0 saturated carbocycles. The van der Waals surface area contributed by atoms with Gasteiger partial charge in [-0.3, -0.25) is 0 Å². The Bertz CT molecular complexity index is 479. The van der Waals surface area contributed by atoms with Gasteiger partial charge in [-0.05, 0) is 29.9 Å². The van der Waals surface area contributed by atoms with Crippen LogP contribution in [-0.2, 0) is 0 Å². The predicted octanol–water partition coefficient (Wildman–Crippen LogP) is 4.20. The molecule has 0 amide bonds. The van der Waals surface area contributed by atoms with Gasteiger partial charge in [0, 0.05) is 0 Å². The number of hydrogen-bond acceptors (Lipinski definition) is 2. The highest BCUT2D eigenvalue weighted by Gasteiger charge is 2.12. The van der Waals surface area contributed by atoms with Crippen molar-refractivity contribution >= 4 is 17.3 Å². The minimum Gasteiger partial charge on any atom is -0.450 e. The first-order valence-corrected chi connectivity index (χ1v) is 6.00. The maximum Gasteiger partial charge on any atom is 0.174 e. The molecule has 2 aromatic rings. The van der Waals surface area contributed by atoms with Crippen molar-refractivity contribution in [2.24, 2.45) is 0 Å². The molecule has 0 radical (unpaired) electrons. The van der Waals surface area contributed by atoms with Crippen LogP contribution in [0.3, 0.4) is 0 Å². The molecular weight excluding hydrogens is 228 g/mol. The molecule has 2 heteroatoms. The van der Waals surface area contributed by atoms with Crippen molar-refractivity contribution in [3.05, 3.63) is 66.2 Å². The summed E-state index contributed by atoms with van der Waals surface area (Å²) in [6.45, 7) is 2.06. The van der Waals surface area contributed by atoms with Gasteiger partial charge < -0.3 is 4.74 Å². The van der Waals surface area contributed by atoms with E-state index in [1.54, 1.807) is 0 Å². The molecule has 2 rings (SSSR count). The van der Waals surface area contributed by atoms with Crippen molar-refractivity contribution in [1.29, 1.82) is 0 Å². The molecule has 2 aromatic carbocycles. The summed E-state index contributed by atoms with van der Waals surface area (Å²) >= 11 is 5.32. The summed E-state index contributed by atoms with van der Waals surface area (Å²) in [5.74, 6) is 0.909. The van der Waals surface area contributed by atoms with Gasteiger partial charge in [0.1, 0.15) is 5.75 Å². The lowest BCUT2D eigenvalue weighted by molar-refractivity contribution is 0.539. The van der Waals surface area contributed by atoms with Gasteiger partial charge in [-0.2, -0.15) is 0 Å². The quantitative estimate of drug-likeness (QED) is 0.746. The van der Waals surface area contributed by atoms with Crippen LogP contribution in [0.4, 0.5) is 0 Å². The van der Waals surface area contributed by atoms with Crippen molar-refractivity contribution in [3.8, 4) is 5.75 Å². The highest BCUT2D eigenvalue weighted by molar-refractivity contribution is 7.80. The molecule has 0 aromatic heterocycles. The van der Waals surface area contributed by atoms with Crippen LogP contribution in [0.5, 0.6) is 5.75 Å². The summed E-state index contributed by atoms with van der Waals surface area (Å²) < 4.78 is 5.66. The smallest absolute Gasteiger partial charge is 0.174 e. The molecule has 0 aliphatic carbocycles. The molecule has 0 spiro atoms. The van der Waals surface area contributed by atoms with Crippen LogP contribution < -0.4 is 4.74 Å². The Kier molecular flexibility index (Phi) is 3.89. The van der Waals surface area contributed by atoms with Crippen LogP contribution in [-0.4, -0.2) is 5.05 Å². The highest BCUT2D eigenvalue weighted by Crippen LogP contribution is 2.19. The number of hydrogen-bond donors (Lipinski definition) is 0. The molecule has 86 valence electrons. The molecular formula is C15H14OS. The number of benzene rings is 2. The van der Waals surface area contributed by atoms with Gasteiger partial charge in [0.05, 0.1) is 5.92 Å². The van der Waals surface area contributed by atoms with Crippen LogP contribution in [0.1, 0.15) is 18.4 Å². The van der Waals surface area contributed by atoms with Crippen LogP contribution in [0, 0.1) is 0 Å². The van der Waals surface area contributed by atoms with Crippen LogP contribution in [0.15, 0.2) is 60.7 Å². The lowest BCUT2D eigenvalue weighted by Crippen LogP contribution is -2.13. The Balaban J connectivity index is 2.06. The maximum atomic E-state index is 5.66. The van der Waals surface area contributed by atoms with Gasteiger partial charge in [-0.1, -0.05) is 55.5 Å². The summed E-state index contributed by atoms with van der Waals surface area (Å²) in [4.78, 5) is 0. The zero-order valence-electron chi connectivity index (χ0n) is 9.67. The zero-order valence-corrected chi connectivity index (χ0v) is 10.5. The maximum absolute atomic E-state index is 5.66. The number of ether oxygens (including phenoxy) is 1. The van der Waals surface area contributed by atoms with E-state index in [0.29, 0.717) is 5.05 Å². The standard InChI is InChI=1S/C15H14OS/c1-12(13-8-4-2-5-9-13)15(17)16-14-10-6-3-7-11-14/h2-12H,1H3. The van der Waals surface area contributed by atoms with Crippen molar-refractivity contribution in [3.63, 3.8) is 0 Å². The lowest BCUT2D eigenvalue weighted by atomic mass is 10.0. The Morgan fingerprint density at radius 3 is 2.06 bits per heavy atom. The monoisotopic (exact) mass is 242 g/mol. The van der Waals surface area contributed by atoms with Gasteiger partial charge in [0.2, 0.25) is 0 Å². The first-order chi connectivity index (χ1) is 8.27. The Hall–Kier alpha value is -1.67. The zero-order chi connectivity index (χ0) is 12.1. The first-order valence-electron chi connectivity index (χ1n) is 5.59. The minimum absolute atomic E-state index is 0.117. The molecule has 0 aliphatic rings. The Morgan fingerprint density at radius 2 is 1.47 bits per heavy atom. The summed E-state index contributed by atoms with van der Waals surface area (Å²) in [7, 11) is 0. The summed E-state index contributed by atoms with van der Waals surface area (Å²) in [5, 5.41) is 0.599. The van der Waals surface area contributed by atoms with E-state index in [1.807, 2.05) is 48.5 Å². The molecule has 0 aliphatic heterocycles. The number of para-hydroxylation sites is 1. The second-order valence-corrected chi connectivity index (χ2v) is 4.27. The third-order valence-corrected chi connectivity index (χ3v) is 3.05. The molecule has 1 nitrogen and oxygen atoms in total. The second-order valence-electron chi connectivity index (χ2n) is 3.87. The molecule has 0 saturated heterocycles. The summed E-state index contributed by atoms with van der Waals surface area (Å²) in [5.41, 5.74) is 1.17. The molecule has 0 bridgehead atoms. The Morgan fingerprint density at radius 1 is 0.941 bits per heavy atom. The normalized spacial score (nSPS) is 11.8. The second kappa shape index (κ2) is 5.60. The molecule has 17 heavy (non-hydrogen) atoms. The van der Waals surface area contributed by atoms with Crippen LogP contribution in [0.2, 0.25) is 0 Å². The first kappa shape index (κ1) is 11.8. The van der Waals surface area contributed by atoms with Crippen molar-refractivity contribution in [2.45, 2.75) is 12.8 Å². The Labute approximate surface area is 107 Å². The van der Waals surface area contributed by atoms with Crippen molar-refractivity contribution in [2.75, 3.05) is 0 Å². The third kappa shape index (κ3) is 3.14. The van der Waals surface area contributed by atoms with E-state index < -0.39 is 0 Å². The van der Waals surface area contributed by atoms with E-state index in [1.165, 1.54) is 5.56 Å². The fraction of sp³-hybridized carbons (Fsp3) is 0.133. The minimum atomic E-state index is 0.117. The fourth-order valence-electron chi connectivity index (χ4n) is 1.57. The summed E-state index contributed by atoms with van der Waals surface area (Å²) in [6, 6.07) is 19.8. The SMILES string of the molecule is CC(C(=S)Oc1ccccc1)c1ccccc1. The van der Waals surface area contributed by atoms with E-state index >= 15 is 0 Å². The van der Waals surface area contributed by atoms with Crippen molar-refractivity contribution < 1.29 is 4.74 Å². The average molecular weight is 242 g/mol. The predicted molar refractivity (Wildman–Crippen MR) is 74.5 cm³/mol. The van der Waals surface area contributed by atoms with Gasteiger partial charge in [-0.25, -0.2) is 0 Å². The molecule has 1 unspecified atom stereocenters. The molecule has 0 fully saturated rings. The van der Waals surface area contributed by atoms with E-state index in [-0.39, 0.29) is 5.92 Å². The van der Waals surface area contributed by atoms with Gasteiger partial charge in [0.25, 0.3) is 0 Å². The largest absolute Gasteiger partial charge is 0.450 e. The average Bonchev–Trinajstić information content (AvgIpc) is 2.40.